The molecule has 0 aliphatic carbocycles. The van der Waals surface area contributed by atoms with E-state index >= 15 is 0 Å². The molecule has 1 amide bonds. The van der Waals surface area contributed by atoms with Crippen LogP contribution in [0.3, 0.4) is 0 Å². The molecule has 0 aliphatic rings. The van der Waals surface area contributed by atoms with Gasteiger partial charge < -0.3 is 11.1 Å². The zero-order valence-electron chi connectivity index (χ0n) is 9.83. The average molecular weight is 220 g/mol. The SMILES string of the molecule is CCCCCCNC(=O)c1ccccc1N. The van der Waals surface area contributed by atoms with Crippen molar-refractivity contribution in [1.82, 2.24) is 5.32 Å². The number of nitrogen functional groups attached to an aromatic ring is 1. The first-order valence-electron chi connectivity index (χ1n) is 5.88. The number of benzene rings is 1. The van der Waals surface area contributed by atoms with E-state index in [0.717, 1.165) is 13.0 Å². The number of nitrogens with two attached hydrogens (primary N) is 1. The minimum Gasteiger partial charge on any atom is -0.398 e. The summed E-state index contributed by atoms with van der Waals surface area (Å²) in [7, 11) is 0. The number of anilines is 1. The van der Waals surface area contributed by atoms with E-state index in [4.69, 9.17) is 5.73 Å². The van der Waals surface area contributed by atoms with Crippen molar-refractivity contribution in [3.8, 4) is 0 Å². The maximum Gasteiger partial charge on any atom is 0.253 e. The second-order valence-electron chi connectivity index (χ2n) is 3.90. The Balaban J connectivity index is 2.33. The number of unbranched alkanes of at least 4 members (excludes halogenated alkanes) is 3. The van der Waals surface area contributed by atoms with Crippen LogP contribution in [0.15, 0.2) is 24.3 Å². The van der Waals surface area contributed by atoms with E-state index in [1.807, 2.05) is 12.1 Å². The largest absolute Gasteiger partial charge is 0.398 e. The number of hydrogen-bond donors (Lipinski definition) is 2. The smallest absolute Gasteiger partial charge is 0.253 e. The first-order valence-corrected chi connectivity index (χ1v) is 5.88. The van der Waals surface area contributed by atoms with Crippen LogP contribution in [0.2, 0.25) is 0 Å². The third kappa shape index (κ3) is 3.93. The van der Waals surface area contributed by atoms with Gasteiger partial charge in [0.05, 0.1) is 5.56 Å². The van der Waals surface area contributed by atoms with Crippen LogP contribution in [0, 0.1) is 0 Å². The molecule has 88 valence electrons. The fraction of sp³-hybridized carbons (Fsp3) is 0.462. The third-order valence-electron chi connectivity index (χ3n) is 2.52. The quantitative estimate of drug-likeness (QED) is 0.572. The lowest BCUT2D eigenvalue weighted by molar-refractivity contribution is 0.0954. The minimum atomic E-state index is -0.0744. The second kappa shape index (κ2) is 6.88. The van der Waals surface area contributed by atoms with Crippen LogP contribution >= 0.6 is 0 Å². The molecule has 0 spiro atoms. The molecule has 0 atom stereocenters. The zero-order valence-corrected chi connectivity index (χ0v) is 9.83. The summed E-state index contributed by atoms with van der Waals surface area (Å²) in [6, 6.07) is 7.14. The van der Waals surface area contributed by atoms with Gasteiger partial charge in [0.15, 0.2) is 0 Å². The molecule has 3 heteroatoms. The number of nitrogens with one attached hydrogen (secondary N) is 1. The third-order valence-corrected chi connectivity index (χ3v) is 2.52. The van der Waals surface area contributed by atoms with Crippen molar-refractivity contribution >= 4 is 11.6 Å². The van der Waals surface area contributed by atoms with Crippen molar-refractivity contribution < 1.29 is 4.79 Å². The van der Waals surface area contributed by atoms with Gasteiger partial charge in [-0.1, -0.05) is 38.3 Å². The minimum absolute atomic E-state index is 0.0744. The summed E-state index contributed by atoms with van der Waals surface area (Å²) in [5.74, 6) is -0.0744. The van der Waals surface area contributed by atoms with Crippen LogP contribution < -0.4 is 11.1 Å². The van der Waals surface area contributed by atoms with Gasteiger partial charge in [-0.15, -0.1) is 0 Å². The van der Waals surface area contributed by atoms with Gasteiger partial charge in [-0.3, -0.25) is 4.79 Å². The van der Waals surface area contributed by atoms with Gasteiger partial charge in [-0.25, -0.2) is 0 Å². The summed E-state index contributed by atoms with van der Waals surface area (Å²) in [5.41, 5.74) is 6.82. The predicted octanol–water partition coefficient (Wildman–Crippen LogP) is 2.58. The highest BCUT2D eigenvalue weighted by molar-refractivity contribution is 5.98. The summed E-state index contributed by atoms with van der Waals surface area (Å²) >= 11 is 0. The molecule has 0 radical (unpaired) electrons. The van der Waals surface area contributed by atoms with Crippen molar-refractivity contribution in [2.24, 2.45) is 0 Å². The summed E-state index contributed by atoms with van der Waals surface area (Å²) in [5, 5.41) is 2.88. The number of carbonyl (C=O) groups excluding carboxylic acids is 1. The molecule has 0 heterocycles. The van der Waals surface area contributed by atoms with Crippen LogP contribution in [-0.4, -0.2) is 12.5 Å². The summed E-state index contributed by atoms with van der Waals surface area (Å²) in [6.07, 6.45) is 4.64. The molecule has 16 heavy (non-hydrogen) atoms. The molecule has 3 N–H and O–H groups in total. The van der Waals surface area contributed by atoms with E-state index in [2.05, 4.69) is 12.2 Å². The number of carbonyl (C=O) groups is 1. The zero-order chi connectivity index (χ0) is 11.8. The van der Waals surface area contributed by atoms with Gasteiger partial charge in [-0.05, 0) is 18.6 Å². The molecule has 3 nitrogen and oxygen atoms in total. The van der Waals surface area contributed by atoms with E-state index in [0.29, 0.717) is 11.3 Å². The van der Waals surface area contributed by atoms with Crippen LogP contribution in [0.1, 0.15) is 43.0 Å². The summed E-state index contributed by atoms with van der Waals surface area (Å²) in [6.45, 7) is 2.90. The molecule has 0 bridgehead atoms. The van der Waals surface area contributed by atoms with E-state index in [-0.39, 0.29) is 5.91 Å². The Hall–Kier alpha value is -1.51. The maximum absolute atomic E-state index is 11.7. The van der Waals surface area contributed by atoms with Gasteiger partial charge in [0, 0.05) is 12.2 Å². The first-order chi connectivity index (χ1) is 7.75. The van der Waals surface area contributed by atoms with E-state index in [1.54, 1.807) is 12.1 Å². The Kier molecular flexibility index (Phi) is 5.40. The molecule has 1 aromatic rings. The molecule has 1 aromatic carbocycles. The molecule has 0 unspecified atom stereocenters. The molecular formula is C13H20N2O. The lowest BCUT2D eigenvalue weighted by Crippen LogP contribution is -2.25. The first kappa shape index (κ1) is 12.6. The van der Waals surface area contributed by atoms with Crippen molar-refractivity contribution in [1.29, 1.82) is 0 Å². The monoisotopic (exact) mass is 220 g/mol. The molecule has 0 aromatic heterocycles. The Bertz CT molecular complexity index is 336. The molecule has 0 saturated heterocycles. The van der Waals surface area contributed by atoms with Gasteiger partial charge in [0.1, 0.15) is 0 Å². The van der Waals surface area contributed by atoms with Crippen LogP contribution in [-0.2, 0) is 0 Å². The van der Waals surface area contributed by atoms with Crippen molar-refractivity contribution in [2.75, 3.05) is 12.3 Å². The van der Waals surface area contributed by atoms with E-state index < -0.39 is 0 Å². The van der Waals surface area contributed by atoms with E-state index in [1.165, 1.54) is 19.3 Å². The van der Waals surface area contributed by atoms with Crippen LogP contribution in [0.4, 0.5) is 5.69 Å². The highest BCUT2D eigenvalue weighted by Crippen LogP contribution is 2.09. The standard InChI is InChI=1S/C13H20N2O/c1-2-3-4-7-10-15-13(16)11-8-5-6-9-12(11)14/h5-6,8-9H,2-4,7,10,14H2,1H3,(H,15,16). The van der Waals surface area contributed by atoms with Crippen LogP contribution in [0.25, 0.3) is 0 Å². The van der Waals surface area contributed by atoms with Gasteiger partial charge in [0.25, 0.3) is 5.91 Å². The van der Waals surface area contributed by atoms with Gasteiger partial charge >= 0.3 is 0 Å². The lowest BCUT2D eigenvalue weighted by Gasteiger charge is -2.06. The Morgan fingerprint density at radius 2 is 2.00 bits per heavy atom. The fourth-order valence-corrected chi connectivity index (χ4v) is 1.55. The molecule has 0 fully saturated rings. The van der Waals surface area contributed by atoms with Crippen molar-refractivity contribution in [2.45, 2.75) is 32.6 Å². The van der Waals surface area contributed by atoms with Gasteiger partial charge in [-0.2, -0.15) is 0 Å². The number of hydrogen-bond acceptors (Lipinski definition) is 2. The van der Waals surface area contributed by atoms with Crippen molar-refractivity contribution in [3.63, 3.8) is 0 Å². The normalized spacial score (nSPS) is 10.1. The lowest BCUT2D eigenvalue weighted by atomic mass is 10.1. The van der Waals surface area contributed by atoms with Gasteiger partial charge in [0.2, 0.25) is 0 Å². The summed E-state index contributed by atoms with van der Waals surface area (Å²) < 4.78 is 0. The topological polar surface area (TPSA) is 55.1 Å². The number of para-hydroxylation sites is 1. The Morgan fingerprint density at radius 3 is 2.69 bits per heavy atom. The predicted molar refractivity (Wildman–Crippen MR) is 67.3 cm³/mol. The molecular weight excluding hydrogens is 200 g/mol. The highest BCUT2D eigenvalue weighted by atomic mass is 16.1. The molecule has 1 rings (SSSR count). The Morgan fingerprint density at radius 1 is 1.25 bits per heavy atom. The average Bonchev–Trinajstić information content (AvgIpc) is 2.29. The fourth-order valence-electron chi connectivity index (χ4n) is 1.55. The maximum atomic E-state index is 11.7. The van der Waals surface area contributed by atoms with Crippen LogP contribution in [0.5, 0.6) is 0 Å². The molecule has 0 aliphatic heterocycles. The second-order valence-corrected chi connectivity index (χ2v) is 3.90. The van der Waals surface area contributed by atoms with Crippen molar-refractivity contribution in [3.05, 3.63) is 29.8 Å². The highest BCUT2D eigenvalue weighted by Gasteiger charge is 2.06. The van der Waals surface area contributed by atoms with E-state index in [9.17, 15) is 4.79 Å². The number of rotatable bonds is 6. The number of amides is 1. The Labute approximate surface area is 97.0 Å². The molecule has 0 saturated carbocycles. The summed E-state index contributed by atoms with van der Waals surface area (Å²) in [4.78, 5) is 11.7.